The van der Waals surface area contributed by atoms with Crippen molar-refractivity contribution in [2.24, 2.45) is 5.92 Å². The second-order valence-corrected chi connectivity index (χ2v) is 7.06. The lowest BCUT2D eigenvalue weighted by atomic mass is 9.92. The van der Waals surface area contributed by atoms with Gasteiger partial charge in [-0.05, 0) is 31.6 Å². The molecule has 1 saturated heterocycles. The molecule has 0 atom stereocenters. The van der Waals surface area contributed by atoms with Crippen molar-refractivity contribution in [3.05, 3.63) is 0 Å². The smallest absolute Gasteiger partial charge is 0.0773 e. The first kappa shape index (κ1) is 21.2. The van der Waals surface area contributed by atoms with Crippen LogP contribution in [0.3, 0.4) is 0 Å². The van der Waals surface area contributed by atoms with E-state index in [-0.39, 0.29) is 12.4 Å². The summed E-state index contributed by atoms with van der Waals surface area (Å²) in [7, 11) is 0. The van der Waals surface area contributed by atoms with Crippen LogP contribution >= 0.6 is 0 Å². The molecule has 0 aliphatic carbocycles. The molecule has 1 nitrogen and oxygen atoms in total. The van der Waals surface area contributed by atoms with Crippen LogP contribution < -0.4 is 17.3 Å². The van der Waals surface area contributed by atoms with Crippen LogP contribution in [0.25, 0.3) is 0 Å². The van der Waals surface area contributed by atoms with Gasteiger partial charge in [0.15, 0.2) is 0 Å². The van der Waals surface area contributed by atoms with E-state index in [0.717, 1.165) is 5.92 Å². The van der Waals surface area contributed by atoms with E-state index in [1.165, 1.54) is 103 Å². The van der Waals surface area contributed by atoms with Crippen molar-refractivity contribution in [3.63, 3.8) is 0 Å². The molecule has 0 bridgehead atoms. The number of likely N-dealkylation sites (tertiary alicyclic amines) is 1. The standard InChI is InChI=1S/C19H39N.ClH/c1-3-5-6-7-8-9-10-11-12-16-20-17-14-19(13-4-2)15-18-20;/h19H,3-18H2,1-2H3;1H. The molecule has 21 heavy (non-hydrogen) atoms. The molecular weight excluding hydrogens is 278 g/mol. The Hall–Kier alpha value is 0.250. The number of hydrogen-bond donors (Lipinski definition) is 1. The van der Waals surface area contributed by atoms with Crippen LogP contribution in [0.5, 0.6) is 0 Å². The fraction of sp³-hybridized carbons (Fsp3) is 1.00. The zero-order valence-electron chi connectivity index (χ0n) is 14.8. The third-order valence-corrected chi connectivity index (χ3v) is 5.14. The number of halogens is 1. The summed E-state index contributed by atoms with van der Waals surface area (Å²) >= 11 is 0. The predicted molar refractivity (Wildman–Crippen MR) is 90.4 cm³/mol. The van der Waals surface area contributed by atoms with Gasteiger partial charge in [-0.25, -0.2) is 0 Å². The number of rotatable bonds is 12. The van der Waals surface area contributed by atoms with Crippen LogP contribution in [0.2, 0.25) is 0 Å². The highest BCUT2D eigenvalue weighted by molar-refractivity contribution is 4.61. The summed E-state index contributed by atoms with van der Waals surface area (Å²) in [6.45, 7) is 9.01. The van der Waals surface area contributed by atoms with E-state index >= 15 is 0 Å². The van der Waals surface area contributed by atoms with Gasteiger partial charge in [-0.2, -0.15) is 0 Å². The molecule has 1 heterocycles. The first-order valence-corrected chi connectivity index (χ1v) is 9.70. The van der Waals surface area contributed by atoms with Gasteiger partial charge in [-0.15, -0.1) is 0 Å². The van der Waals surface area contributed by atoms with Gasteiger partial charge in [0.05, 0.1) is 19.6 Å². The van der Waals surface area contributed by atoms with Gasteiger partial charge in [0.2, 0.25) is 0 Å². The first-order valence-electron chi connectivity index (χ1n) is 9.70. The Balaban J connectivity index is 0.00000400. The molecule has 1 aliphatic heterocycles. The molecule has 0 amide bonds. The Morgan fingerprint density at radius 3 is 1.76 bits per heavy atom. The van der Waals surface area contributed by atoms with Gasteiger partial charge in [0.25, 0.3) is 0 Å². The minimum Gasteiger partial charge on any atom is -1.00 e. The number of hydrogen-bond acceptors (Lipinski definition) is 0. The maximum Gasteiger partial charge on any atom is 0.0773 e. The third-order valence-electron chi connectivity index (χ3n) is 5.14. The molecular formula is C19H40ClN. The second kappa shape index (κ2) is 15.2. The monoisotopic (exact) mass is 317 g/mol. The van der Waals surface area contributed by atoms with Crippen molar-refractivity contribution < 1.29 is 17.3 Å². The van der Waals surface area contributed by atoms with Gasteiger partial charge >= 0.3 is 0 Å². The summed E-state index contributed by atoms with van der Waals surface area (Å²) in [6, 6.07) is 0. The van der Waals surface area contributed by atoms with Crippen molar-refractivity contribution in [2.45, 2.75) is 97.3 Å². The first-order chi connectivity index (χ1) is 9.86. The summed E-state index contributed by atoms with van der Waals surface area (Å²) in [5.41, 5.74) is 0. The molecule has 0 saturated carbocycles. The molecule has 1 N–H and O–H groups in total. The number of unbranched alkanes of at least 4 members (excludes halogenated alkanes) is 8. The van der Waals surface area contributed by atoms with Crippen LogP contribution in [-0.4, -0.2) is 19.6 Å². The van der Waals surface area contributed by atoms with Crippen LogP contribution in [-0.2, 0) is 0 Å². The highest BCUT2D eigenvalue weighted by Gasteiger charge is 2.20. The Kier molecular flexibility index (Phi) is 15.3. The second-order valence-electron chi connectivity index (χ2n) is 7.06. The lowest BCUT2D eigenvalue weighted by Gasteiger charge is -2.29. The van der Waals surface area contributed by atoms with Crippen LogP contribution in [0.4, 0.5) is 0 Å². The summed E-state index contributed by atoms with van der Waals surface area (Å²) in [6.07, 6.45) is 19.0. The molecule has 0 radical (unpaired) electrons. The van der Waals surface area contributed by atoms with Crippen molar-refractivity contribution in [3.8, 4) is 0 Å². The average molecular weight is 318 g/mol. The molecule has 2 heteroatoms. The minimum absolute atomic E-state index is 0. The molecule has 1 rings (SSSR count). The highest BCUT2D eigenvalue weighted by atomic mass is 35.5. The Morgan fingerprint density at radius 1 is 0.714 bits per heavy atom. The van der Waals surface area contributed by atoms with E-state index < -0.39 is 0 Å². The van der Waals surface area contributed by atoms with Crippen molar-refractivity contribution in [1.29, 1.82) is 0 Å². The largest absolute Gasteiger partial charge is 1.00 e. The normalized spacial score (nSPS) is 22.0. The number of piperidine rings is 1. The Labute approximate surface area is 140 Å². The maximum atomic E-state index is 2.33. The van der Waals surface area contributed by atoms with Crippen LogP contribution in [0.15, 0.2) is 0 Å². The van der Waals surface area contributed by atoms with Gasteiger partial charge in [-0.3, -0.25) is 0 Å². The van der Waals surface area contributed by atoms with E-state index in [1.807, 2.05) is 4.90 Å². The summed E-state index contributed by atoms with van der Waals surface area (Å²) in [4.78, 5) is 1.90. The SMILES string of the molecule is CCCCCCCCCCC[NH+]1CCC(CCC)CC1.[Cl-]. The van der Waals surface area contributed by atoms with Gasteiger partial charge < -0.3 is 17.3 Å². The van der Waals surface area contributed by atoms with Crippen molar-refractivity contribution in [2.75, 3.05) is 19.6 Å². The molecule has 1 fully saturated rings. The van der Waals surface area contributed by atoms with E-state index in [4.69, 9.17) is 0 Å². The maximum absolute atomic E-state index is 2.33. The lowest BCUT2D eigenvalue weighted by Crippen LogP contribution is -3.13. The van der Waals surface area contributed by atoms with Crippen LogP contribution in [0, 0.1) is 5.92 Å². The van der Waals surface area contributed by atoms with E-state index in [1.54, 1.807) is 0 Å². The molecule has 128 valence electrons. The van der Waals surface area contributed by atoms with Crippen molar-refractivity contribution in [1.82, 2.24) is 0 Å². The molecule has 0 unspecified atom stereocenters. The fourth-order valence-electron chi connectivity index (χ4n) is 3.72. The average Bonchev–Trinajstić information content (AvgIpc) is 2.47. The Morgan fingerprint density at radius 2 is 1.24 bits per heavy atom. The molecule has 1 aliphatic rings. The number of quaternary nitrogens is 1. The molecule has 0 aromatic rings. The van der Waals surface area contributed by atoms with Gasteiger partial charge in [0.1, 0.15) is 0 Å². The van der Waals surface area contributed by atoms with E-state index in [0.29, 0.717) is 0 Å². The van der Waals surface area contributed by atoms with Crippen LogP contribution in [0.1, 0.15) is 97.3 Å². The van der Waals surface area contributed by atoms with Gasteiger partial charge in [0, 0.05) is 0 Å². The zero-order chi connectivity index (χ0) is 14.5. The summed E-state index contributed by atoms with van der Waals surface area (Å²) in [5.74, 6) is 1.06. The summed E-state index contributed by atoms with van der Waals surface area (Å²) < 4.78 is 0. The summed E-state index contributed by atoms with van der Waals surface area (Å²) in [5, 5.41) is 0. The minimum atomic E-state index is 0. The molecule has 0 spiro atoms. The fourth-order valence-corrected chi connectivity index (χ4v) is 3.72. The highest BCUT2D eigenvalue weighted by Crippen LogP contribution is 2.15. The topological polar surface area (TPSA) is 4.44 Å². The Bertz CT molecular complexity index is 200. The van der Waals surface area contributed by atoms with E-state index in [2.05, 4.69) is 13.8 Å². The third kappa shape index (κ3) is 11.5. The van der Waals surface area contributed by atoms with Crippen molar-refractivity contribution >= 4 is 0 Å². The quantitative estimate of drug-likeness (QED) is 0.522. The molecule has 0 aromatic carbocycles. The number of nitrogens with one attached hydrogen (secondary N) is 1. The predicted octanol–water partition coefficient (Wildman–Crippen LogP) is 1.62. The lowest BCUT2D eigenvalue weighted by molar-refractivity contribution is -0.906. The van der Waals surface area contributed by atoms with E-state index in [9.17, 15) is 0 Å². The molecule has 0 aromatic heterocycles. The zero-order valence-corrected chi connectivity index (χ0v) is 15.5. The van der Waals surface area contributed by atoms with Gasteiger partial charge in [-0.1, -0.05) is 71.6 Å².